The Balaban J connectivity index is 0. The molecule has 3 N–H and O–H groups in total. The van der Waals surface area contributed by atoms with E-state index in [1.165, 1.54) is 0 Å². The quantitative estimate of drug-likeness (QED) is 0.354. The van der Waals surface area contributed by atoms with Gasteiger partial charge in [0.1, 0.15) is 12.1 Å². The highest BCUT2D eigenvalue weighted by Crippen LogP contribution is 2.10. The van der Waals surface area contributed by atoms with E-state index in [-0.39, 0.29) is 20.5 Å². The van der Waals surface area contributed by atoms with Crippen molar-refractivity contribution in [3.8, 4) is 0 Å². The monoisotopic (exact) mass is 453 g/mol. The van der Waals surface area contributed by atoms with Gasteiger partial charge in [-0.25, -0.2) is 0 Å². The second kappa shape index (κ2) is 14.6. The second-order valence-corrected chi connectivity index (χ2v) is 8.76. The summed E-state index contributed by atoms with van der Waals surface area (Å²) in [5.74, 6) is -0.379. The van der Waals surface area contributed by atoms with E-state index in [4.69, 9.17) is 0 Å². The van der Waals surface area contributed by atoms with E-state index >= 15 is 0 Å². The normalized spacial score (nSPS) is 13.7. The fourth-order valence-corrected chi connectivity index (χ4v) is 3.66. The minimum absolute atomic E-state index is 0. The third-order valence-corrected chi connectivity index (χ3v) is 5.56. The third kappa shape index (κ3) is 9.55. The molecule has 0 radical (unpaired) electrons. The standard InChI is InChI=1S/C23H35N3O4S.2H2/c1-5-9-19(25-22(29)18(24-15-27)12-13-31-4)23(30)26-20(21(28)16(2)3)14-17-10-7-6-8-11-17;;/h6-8,10-11,15-16,18-20H,5,9,12-14H2,1-4H3,(H,24,27)(H,25,29)(H,26,30);2*1H/t18-,19-,20-;;/m0../s1. The van der Waals surface area contributed by atoms with Crippen molar-refractivity contribution in [2.75, 3.05) is 12.0 Å². The van der Waals surface area contributed by atoms with Crippen molar-refractivity contribution in [2.24, 2.45) is 5.92 Å². The van der Waals surface area contributed by atoms with E-state index in [1.54, 1.807) is 25.6 Å². The topological polar surface area (TPSA) is 104 Å². The zero-order chi connectivity index (χ0) is 23.2. The van der Waals surface area contributed by atoms with Crippen molar-refractivity contribution in [3.05, 3.63) is 35.9 Å². The van der Waals surface area contributed by atoms with Crippen LogP contribution in [0.1, 0.15) is 48.5 Å². The van der Waals surface area contributed by atoms with E-state index in [1.807, 2.05) is 43.5 Å². The average molecular weight is 454 g/mol. The van der Waals surface area contributed by atoms with Crippen molar-refractivity contribution in [1.82, 2.24) is 16.0 Å². The van der Waals surface area contributed by atoms with Crippen LogP contribution in [0.15, 0.2) is 30.3 Å². The Morgan fingerprint density at radius 2 is 1.61 bits per heavy atom. The van der Waals surface area contributed by atoms with Crippen molar-refractivity contribution in [2.45, 2.75) is 64.6 Å². The van der Waals surface area contributed by atoms with Gasteiger partial charge in [-0.15, -0.1) is 0 Å². The number of rotatable bonds is 15. The van der Waals surface area contributed by atoms with E-state index in [0.29, 0.717) is 37.8 Å². The van der Waals surface area contributed by atoms with Gasteiger partial charge in [0.05, 0.1) is 6.04 Å². The molecule has 0 saturated carbocycles. The molecule has 1 aromatic rings. The first-order chi connectivity index (χ1) is 14.8. The Labute approximate surface area is 192 Å². The number of carbonyl (C=O) groups is 4. The molecule has 0 heterocycles. The smallest absolute Gasteiger partial charge is 0.243 e. The minimum atomic E-state index is -0.777. The molecule has 0 fully saturated rings. The van der Waals surface area contributed by atoms with Crippen LogP contribution in [0.2, 0.25) is 0 Å². The van der Waals surface area contributed by atoms with Crippen LogP contribution < -0.4 is 16.0 Å². The highest BCUT2D eigenvalue weighted by molar-refractivity contribution is 7.98. The van der Waals surface area contributed by atoms with Crippen LogP contribution in [-0.4, -0.2) is 54.1 Å². The zero-order valence-corrected chi connectivity index (χ0v) is 19.7. The molecule has 0 spiro atoms. The summed E-state index contributed by atoms with van der Waals surface area (Å²) >= 11 is 1.57. The molecule has 3 atom stereocenters. The molecule has 0 bridgehead atoms. The lowest BCUT2D eigenvalue weighted by Crippen LogP contribution is -2.55. The lowest BCUT2D eigenvalue weighted by molar-refractivity contribution is -0.133. The highest BCUT2D eigenvalue weighted by atomic mass is 32.2. The van der Waals surface area contributed by atoms with Gasteiger partial charge in [0.25, 0.3) is 0 Å². The number of hydrogen-bond acceptors (Lipinski definition) is 5. The van der Waals surface area contributed by atoms with Crippen molar-refractivity contribution >= 4 is 35.8 Å². The molecule has 8 heteroatoms. The van der Waals surface area contributed by atoms with E-state index in [0.717, 1.165) is 5.56 Å². The number of carbonyl (C=O) groups excluding carboxylic acids is 4. The maximum absolute atomic E-state index is 13.0. The molecule has 7 nitrogen and oxygen atoms in total. The summed E-state index contributed by atoms with van der Waals surface area (Å²) in [6.45, 7) is 5.53. The molecule has 0 saturated heterocycles. The van der Waals surface area contributed by atoms with E-state index in [2.05, 4.69) is 16.0 Å². The first-order valence-electron chi connectivity index (χ1n) is 10.7. The molecule has 0 unspecified atom stereocenters. The summed E-state index contributed by atoms with van der Waals surface area (Å²) in [6.07, 6.45) is 4.38. The Morgan fingerprint density at radius 1 is 1.00 bits per heavy atom. The van der Waals surface area contributed by atoms with Gasteiger partial charge >= 0.3 is 0 Å². The van der Waals surface area contributed by atoms with Crippen LogP contribution in [-0.2, 0) is 25.6 Å². The molecule has 3 amide bonds. The molecular weight excluding hydrogens is 414 g/mol. The summed E-state index contributed by atoms with van der Waals surface area (Å²) in [4.78, 5) is 49.3. The molecule has 0 aromatic heterocycles. The van der Waals surface area contributed by atoms with Gasteiger partial charge in [0, 0.05) is 8.77 Å². The second-order valence-electron chi connectivity index (χ2n) is 7.78. The molecular formula is C23H39N3O4S. The first kappa shape index (κ1) is 26.7. The van der Waals surface area contributed by atoms with Crippen LogP contribution in [0.4, 0.5) is 0 Å². The Bertz CT molecular complexity index is 723. The number of benzene rings is 1. The van der Waals surface area contributed by atoms with Crippen molar-refractivity contribution < 1.29 is 22.0 Å². The van der Waals surface area contributed by atoms with E-state index < -0.39 is 24.0 Å². The van der Waals surface area contributed by atoms with Gasteiger partial charge in [-0.3, -0.25) is 19.2 Å². The number of thioether (sulfide) groups is 1. The number of Topliss-reactive ketones (excluding diaryl/α,β-unsaturated/α-hetero) is 1. The number of nitrogens with one attached hydrogen (secondary N) is 3. The van der Waals surface area contributed by atoms with Gasteiger partial charge in [0.15, 0.2) is 5.78 Å². The van der Waals surface area contributed by atoms with Crippen LogP contribution in [0, 0.1) is 5.92 Å². The van der Waals surface area contributed by atoms with Gasteiger partial charge in [-0.1, -0.05) is 57.5 Å². The zero-order valence-electron chi connectivity index (χ0n) is 18.9. The average Bonchev–Trinajstić information content (AvgIpc) is 2.75. The first-order valence-corrected chi connectivity index (χ1v) is 12.1. The van der Waals surface area contributed by atoms with Gasteiger partial charge in [-0.2, -0.15) is 11.8 Å². The molecule has 1 rings (SSSR count). The number of ketones is 1. The lowest BCUT2D eigenvalue weighted by Gasteiger charge is -2.25. The fourth-order valence-electron chi connectivity index (χ4n) is 3.18. The van der Waals surface area contributed by atoms with E-state index in [9.17, 15) is 19.2 Å². The van der Waals surface area contributed by atoms with Crippen LogP contribution in [0.5, 0.6) is 0 Å². The molecule has 31 heavy (non-hydrogen) atoms. The van der Waals surface area contributed by atoms with Gasteiger partial charge < -0.3 is 16.0 Å². The predicted octanol–water partition coefficient (Wildman–Crippen LogP) is 2.58. The Morgan fingerprint density at radius 3 is 2.16 bits per heavy atom. The fraction of sp³-hybridized carbons (Fsp3) is 0.565. The largest absolute Gasteiger partial charge is 0.347 e. The summed E-state index contributed by atoms with van der Waals surface area (Å²) in [5.41, 5.74) is 0.949. The highest BCUT2D eigenvalue weighted by Gasteiger charge is 2.29. The maximum atomic E-state index is 13.0. The summed E-state index contributed by atoms with van der Waals surface area (Å²) in [7, 11) is 0. The molecule has 0 aliphatic carbocycles. The van der Waals surface area contributed by atoms with Crippen molar-refractivity contribution in [1.29, 1.82) is 0 Å². The van der Waals surface area contributed by atoms with Crippen LogP contribution in [0.25, 0.3) is 0 Å². The minimum Gasteiger partial charge on any atom is -0.347 e. The molecule has 176 valence electrons. The third-order valence-electron chi connectivity index (χ3n) is 4.92. The number of amides is 3. The number of hydrogen-bond donors (Lipinski definition) is 3. The SMILES string of the molecule is CCC[C@H](NC(=O)[C@H](CCSC)NC=O)C(=O)N[C@@H](Cc1ccccc1)C(=O)C(C)C.[HH].[HH]. The summed E-state index contributed by atoms with van der Waals surface area (Å²) < 4.78 is 0. The Hall–Kier alpha value is -2.35. The maximum Gasteiger partial charge on any atom is 0.243 e. The molecule has 0 aliphatic heterocycles. The lowest BCUT2D eigenvalue weighted by atomic mass is 9.95. The molecule has 1 aromatic carbocycles. The summed E-state index contributed by atoms with van der Waals surface area (Å²) in [6, 6.07) is 7.36. The van der Waals surface area contributed by atoms with Gasteiger partial charge in [-0.05, 0) is 36.8 Å². The Kier molecular flexibility index (Phi) is 12.6. The van der Waals surface area contributed by atoms with Gasteiger partial charge in [0.2, 0.25) is 18.2 Å². The molecule has 0 aliphatic rings. The predicted molar refractivity (Wildman–Crippen MR) is 129 cm³/mol. The van der Waals surface area contributed by atoms with Crippen LogP contribution >= 0.6 is 11.8 Å². The van der Waals surface area contributed by atoms with Crippen LogP contribution in [0.3, 0.4) is 0 Å². The summed E-state index contributed by atoms with van der Waals surface area (Å²) in [5, 5.41) is 8.13. The van der Waals surface area contributed by atoms with Crippen molar-refractivity contribution in [3.63, 3.8) is 0 Å².